The molecule has 0 radical (unpaired) electrons. The summed E-state index contributed by atoms with van der Waals surface area (Å²) >= 11 is 7.56. The molecule has 10 heteroatoms. The van der Waals surface area contributed by atoms with Crippen LogP contribution in [0.1, 0.15) is 45.4 Å². The third-order valence-electron chi connectivity index (χ3n) is 4.33. The summed E-state index contributed by atoms with van der Waals surface area (Å²) in [6, 6.07) is 8.98. The number of hydrogen-bond acceptors (Lipinski definition) is 7. The van der Waals surface area contributed by atoms with Gasteiger partial charge in [0.2, 0.25) is 5.91 Å². The first kappa shape index (κ1) is 23.1. The van der Waals surface area contributed by atoms with Crippen LogP contribution in [0.3, 0.4) is 0 Å². The van der Waals surface area contributed by atoms with Crippen LogP contribution in [-0.2, 0) is 11.3 Å². The summed E-state index contributed by atoms with van der Waals surface area (Å²) in [7, 11) is 0. The van der Waals surface area contributed by atoms with Crippen molar-refractivity contribution in [2.24, 2.45) is 5.92 Å². The molecular weight excluding hydrogens is 438 g/mol. The number of carbonyl (C=O) groups is 1. The van der Waals surface area contributed by atoms with E-state index in [-0.39, 0.29) is 12.0 Å². The van der Waals surface area contributed by atoms with Crippen LogP contribution < -0.4 is 10.1 Å². The molecule has 3 rings (SSSR count). The molecule has 0 saturated carbocycles. The van der Waals surface area contributed by atoms with Crippen LogP contribution in [0.5, 0.6) is 5.75 Å². The van der Waals surface area contributed by atoms with Crippen molar-refractivity contribution < 1.29 is 14.1 Å². The van der Waals surface area contributed by atoms with Gasteiger partial charge in [-0.2, -0.15) is 0 Å². The van der Waals surface area contributed by atoms with E-state index >= 15 is 0 Å². The van der Waals surface area contributed by atoms with Crippen LogP contribution in [0, 0.1) is 12.8 Å². The monoisotopic (exact) mass is 463 g/mol. The van der Waals surface area contributed by atoms with E-state index in [1.165, 1.54) is 11.8 Å². The maximum absolute atomic E-state index is 12.6. The standard InChI is InChI=1S/C21H26ClN5O3S/c1-12(2)11-27-19(14(4)29-17-9-7-6-8-16(17)22)24-25-21(27)31-15(5)20(28)23-18-10-13(3)30-26-18/h6-10,12,14-15H,11H2,1-5H3,(H,23,26,28). The molecule has 0 bridgehead atoms. The van der Waals surface area contributed by atoms with Gasteiger partial charge in [0.05, 0.1) is 10.3 Å². The zero-order chi connectivity index (χ0) is 22.5. The molecule has 0 fully saturated rings. The number of hydrogen-bond donors (Lipinski definition) is 1. The number of aromatic nitrogens is 4. The Morgan fingerprint density at radius 2 is 2.00 bits per heavy atom. The average molecular weight is 464 g/mol. The second kappa shape index (κ2) is 10.2. The number of nitrogens with zero attached hydrogens (tertiary/aromatic N) is 4. The zero-order valence-electron chi connectivity index (χ0n) is 18.1. The van der Waals surface area contributed by atoms with Gasteiger partial charge in [-0.25, -0.2) is 0 Å². The van der Waals surface area contributed by atoms with Gasteiger partial charge in [0.25, 0.3) is 0 Å². The topological polar surface area (TPSA) is 95.1 Å². The van der Waals surface area contributed by atoms with E-state index in [4.69, 9.17) is 20.9 Å². The Kier molecular flexibility index (Phi) is 7.61. The summed E-state index contributed by atoms with van der Waals surface area (Å²) in [5.74, 6) is 2.44. The van der Waals surface area contributed by atoms with E-state index in [0.717, 1.165) is 0 Å². The molecule has 0 aliphatic rings. The summed E-state index contributed by atoms with van der Waals surface area (Å²) in [4.78, 5) is 12.6. The molecule has 0 saturated heterocycles. The lowest BCUT2D eigenvalue weighted by molar-refractivity contribution is -0.115. The fourth-order valence-electron chi connectivity index (χ4n) is 2.87. The zero-order valence-corrected chi connectivity index (χ0v) is 19.7. The van der Waals surface area contributed by atoms with Crippen LogP contribution in [-0.4, -0.2) is 31.1 Å². The summed E-state index contributed by atoms with van der Waals surface area (Å²) < 4.78 is 13.0. The van der Waals surface area contributed by atoms with Gasteiger partial charge < -0.3 is 19.1 Å². The molecule has 2 atom stereocenters. The molecule has 1 aromatic carbocycles. The van der Waals surface area contributed by atoms with Crippen LogP contribution in [0.4, 0.5) is 5.82 Å². The number of nitrogens with one attached hydrogen (secondary N) is 1. The van der Waals surface area contributed by atoms with Gasteiger partial charge in [0, 0.05) is 12.6 Å². The predicted molar refractivity (Wildman–Crippen MR) is 121 cm³/mol. The highest BCUT2D eigenvalue weighted by Gasteiger charge is 2.24. The molecule has 8 nitrogen and oxygen atoms in total. The van der Waals surface area contributed by atoms with Crippen molar-refractivity contribution in [3.63, 3.8) is 0 Å². The molecule has 3 aromatic rings. The lowest BCUT2D eigenvalue weighted by Gasteiger charge is -2.19. The molecule has 0 spiro atoms. The van der Waals surface area contributed by atoms with Gasteiger partial charge in [-0.05, 0) is 38.8 Å². The number of halogens is 1. The van der Waals surface area contributed by atoms with Crippen molar-refractivity contribution in [3.05, 3.63) is 46.9 Å². The Morgan fingerprint density at radius 1 is 1.26 bits per heavy atom. The first-order valence-electron chi connectivity index (χ1n) is 9.99. The quantitative estimate of drug-likeness (QED) is 0.439. The van der Waals surface area contributed by atoms with Gasteiger partial charge in [-0.3, -0.25) is 4.79 Å². The van der Waals surface area contributed by atoms with Gasteiger partial charge in [0.1, 0.15) is 11.5 Å². The Hall–Kier alpha value is -2.52. The lowest BCUT2D eigenvalue weighted by Crippen LogP contribution is -2.23. The first-order valence-corrected chi connectivity index (χ1v) is 11.3. The highest BCUT2D eigenvalue weighted by atomic mass is 35.5. The average Bonchev–Trinajstić information content (AvgIpc) is 3.29. The maximum atomic E-state index is 12.6. The normalized spacial score (nSPS) is 13.3. The Bertz CT molecular complexity index is 1040. The van der Waals surface area contributed by atoms with E-state index in [9.17, 15) is 4.79 Å². The fraction of sp³-hybridized carbons (Fsp3) is 0.429. The maximum Gasteiger partial charge on any atom is 0.238 e. The van der Waals surface area contributed by atoms with Crippen molar-refractivity contribution in [1.29, 1.82) is 0 Å². The van der Waals surface area contributed by atoms with Gasteiger partial charge in [-0.1, -0.05) is 54.5 Å². The Morgan fingerprint density at radius 3 is 2.65 bits per heavy atom. The van der Waals surface area contributed by atoms with E-state index < -0.39 is 5.25 Å². The molecule has 2 heterocycles. The van der Waals surface area contributed by atoms with E-state index in [1.807, 2.05) is 36.6 Å². The number of anilines is 1. The van der Waals surface area contributed by atoms with Gasteiger partial charge >= 0.3 is 0 Å². The highest BCUT2D eigenvalue weighted by molar-refractivity contribution is 8.00. The number of carbonyl (C=O) groups excluding carboxylic acids is 1. The fourth-order valence-corrected chi connectivity index (χ4v) is 3.92. The minimum absolute atomic E-state index is 0.195. The number of ether oxygens (including phenoxy) is 1. The molecule has 0 aliphatic heterocycles. The van der Waals surface area contributed by atoms with E-state index in [0.29, 0.717) is 45.8 Å². The number of para-hydroxylation sites is 1. The number of thioether (sulfide) groups is 1. The van der Waals surface area contributed by atoms with Crippen LogP contribution in [0.25, 0.3) is 0 Å². The number of rotatable bonds is 9. The molecular formula is C21H26ClN5O3S. The third kappa shape index (κ3) is 6.01. The minimum Gasteiger partial charge on any atom is -0.481 e. The SMILES string of the molecule is Cc1cc(NC(=O)C(C)Sc2nnc(C(C)Oc3ccccc3Cl)n2CC(C)C)no1. The molecule has 0 aliphatic carbocycles. The van der Waals surface area contributed by atoms with Gasteiger partial charge in [0.15, 0.2) is 22.9 Å². The molecule has 2 unspecified atom stereocenters. The molecule has 1 amide bonds. The second-order valence-electron chi connectivity index (χ2n) is 7.61. The second-order valence-corrected chi connectivity index (χ2v) is 9.32. The summed E-state index contributed by atoms with van der Waals surface area (Å²) in [6.07, 6.45) is -0.372. The lowest BCUT2D eigenvalue weighted by atomic mass is 10.2. The smallest absolute Gasteiger partial charge is 0.238 e. The van der Waals surface area contributed by atoms with Gasteiger partial charge in [-0.15, -0.1) is 10.2 Å². The summed E-state index contributed by atoms with van der Waals surface area (Å²) in [6.45, 7) is 10.4. The summed E-state index contributed by atoms with van der Waals surface area (Å²) in [5, 5.41) is 16.0. The van der Waals surface area contributed by atoms with Crippen molar-refractivity contribution in [1.82, 2.24) is 19.9 Å². The molecule has 31 heavy (non-hydrogen) atoms. The Balaban J connectivity index is 1.76. The van der Waals surface area contributed by atoms with Crippen LogP contribution >= 0.6 is 23.4 Å². The van der Waals surface area contributed by atoms with Crippen molar-refractivity contribution in [2.45, 2.75) is 57.7 Å². The first-order chi connectivity index (χ1) is 14.7. The van der Waals surface area contributed by atoms with E-state index in [1.54, 1.807) is 19.1 Å². The molecule has 166 valence electrons. The predicted octanol–water partition coefficient (Wildman–Crippen LogP) is 5.14. The number of aryl methyl sites for hydroxylation is 1. The van der Waals surface area contributed by atoms with Crippen molar-refractivity contribution in [3.8, 4) is 5.75 Å². The third-order valence-corrected chi connectivity index (χ3v) is 5.72. The summed E-state index contributed by atoms with van der Waals surface area (Å²) in [5.41, 5.74) is 0. The van der Waals surface area contributed by atoms with E-state index in [2.05, 4.69) is 34.5 Å². The molecule has 1 N–H and O–H groups in total. The van der Waals surface area contributed by atoms with Crippen molar-refractivity contribution in [2.75, 3.05) is 5.32 Å². The van der Waals surface area contributed by atoms with Crippen LogP contribution in [0.2, 0.25) is 5.02 Å². The minimum atomic E-state index is -0.417. The molecule has 2 aromatic heterocycles. The van der Waals surface area contributed by atoms with Crippen molar-refractivity contribution >= 4 is 35.1 Å². The highest BCUT2D eigenvalue weighted by Crippen LogP contribution is 2.31. The number of amides is 1. The Labute approximate surface area is 190 Å². The largest absolute Gasteiger partial charge is 0.481 e. The van der Waals surface area contributed by atoms with Crippen LogP contribution in [0.15, 0.2) is 40.0 Å². The number of benzene rings is 1.